The van der Waals surface area contributed by atoms with Crippen molar-refractivity contribution in [3.8, 4) is 0 Å². The van der Waals surface area contributed by atoms with Crippen molar-refractivity contribution in [2.24, 2.45) is 29.5 Å². The van der Waals surface area contributed by atoms with Crippen LogP contribution in [0.4, 0.5) is 0 Å². The minimum Gasteiger partial charge on any atom is -0.0625 e. The van der Waals surface area contributed by atoms with Crippen molar-refractivity contribution in [2.75, 3.05) is 0 Å². The second kappa shape index (κ2) is 39.5. The van der Waals surface area contributed by atoms with Crippen LogP contribution in [0, 0.1) is 77.8 Å². The molecule has 0 spiro atoms. The van der Waals surface area contributed by atoms with Crippen molar-refractivity contribution in [1.82, 2.24) is 0 Å². The van der Waals surface area contributed by atoms with Gasteiger partial charge in [-0.25, -0.2) is 0 Å². The van der Waals surface area contributed by atoms with Gasteiger partial charge in [0.1, 0.15) is 0 Å². The van der Waals surface area contributed by atoms with Crippen LogP contribution in [-0.4, -0.2) is 0 Å². The summed E-state index contributed by atoms with van der Waals surface area (Å²) in [6.07, 6.45) is -7.29. The highest BCUT2D eigenvalue weighted by atomic mass is 14.2. The third kappa shape index (κ3) is 36.5. The largest absolute Gasteiger partial charge is 0.0626 e. The van der Waals surface area contributed by atoms with Crippen molar-refractivity contribution >= 4 is 0 Å². The monoisotopic (exact) mass is 986 g/mol. The topological polar surface area (TPSA) is 0 Å². The Labute approximate surface area is 492 Å². The van der Waals surface area contributed by atoms with Gasteiger partial charge in [0.05, 0.1) is 17.8 Å². The van der Waals surface area contributed by atoms with Gasteiger partial charge in [0.25, 0.3) is 0 Å². The van der Waals surface area contributed by atoms with Crippen LogP contribution in [-0.2, 0) is 5.41 Å². The average Bonchev–Trinajstić information content (AvgIpc) is 0.715. The SMILES string of the molecule is [2H]C([2H])([2H])c1cccc(C([2H])([2H])[2H])c1C.[2H]C1(C)CCCC1.[2H]C1(C)CCCCC1.[2H]C1(C)CCCCCC1.[2H]C1([2H])C(C)C([2H])([2H])C([2H])([2H])C([2H])([2H])C1([2H])[2H].[2H]C1([2H])C(C)C([2H])([2H])C([2H])([2H])C1([2H])[2H].[2H]c1c([2H])c(C(C)(C)C)c([2H])c([2H])c1C.[2H]c1c([2H])c(C([2H])([2H])[2H])c([2H])c([2H])c1C.[2H]c1c([2H])c([2H])c(C)c([2H])c1[2H]. The molecular weight excluding hydrogens is 829 g/mol. The van der Waals surface area contributed by atoms with E-state index in [1.807, 2.05) is 34.6 Å². The predicted molar refractivity (Wildman–Crippen MR) is 314 cm³/mol. The van der Waals surface area contributed by atoms with Gasteiger partial charge in [0.2, 0.25) is 0 Å². The highest BCUT2D eigenvalue weighted by Crippen LogP contribution is 2.26. The third-order valence-electron chi connectivity index (χ3n) is 10.7. The molecule has 4 aromatic carbocycles. The van der Waals surface area contributed by atoms with Gasteiger partial charge in [-0.15, -0.1) is 0 Å². The van der Waals surface area contributed by atoms with Crippen LogP contribution in [0.3, 0.4) is 0 Å². The summed E-state index contributed by atoms with van der Waals surface area (Å²) in [5.41, 5.74) is 1.03. The maximum Gasteiger partial charge on any atom is 0.0626 e. The summed E-state index contributed by atoms with van der Waals surface area (Å²) in [4.78, 5) is 0. The van der Waals surface area contributed by atoms with Crippen LogP contribution < -0.4 is 0 Å². The Kier molecular flexibility index (Phi) is 13.4. The van der Waals surface area contributed by atoms with E-state index in [1.165, 1.54) is 104 Å². The van der Waals surface area contributed by atoms with Crippen molar-refractivity contribution in [2.45, 2.75) is 263 Å². The summed E-state index contributed by atoms with van der Waals surface area (Å²) >= 11 is 0. The molecule has 0 amide bonds. The van der Waals surface area contributed by atoms with E-state index in [2.05, 4.69) is 6.92 Å². The van der Waals surface area contributed by atoms with Crippen molar-refractivity contribution < 1.29 is 58.9 Å². The minimum atomic E-state index is -3.26. The molecule has 4 aromatic rings. The van der Waals surface area contributed by atoms with Crippen LogP contribution in [0.25, 0.3) is 0 Å². The van der Waals surface area contributed by atoms with Crippen molar-refractivity contribution in [3.63, 3.8) is 0 Å². The number of hydrogen-bond acceptors (Lipinski definition) is 0. The van der Waals surface area contributed by atoms with Crippen LogP contribution in [0.1, 0.15) is 313 Å². The number of hydrogen-bond donors (Lipinski definition) is 0. The van der Waals surface area contributed by atoms with E-state index in [-0.39, 0.29) is 106 Å². The van der Waals surface area contributed by atoms with Crippen molar-refractivity contribution in [3.05, 3.63) is 141 Å². The lowest BCUT2D eigenvalue weighted by Gasteiger charge is -2.18. The molecule has 5 saturated carbocycles. The maximum atomic E-state index is 7.84. The molecule has 0 unspecified atom stereocenters. The van der Waals surface area contributed by atoms with Gasteiger partial charge in [-0.1, -0.05) is 328 Å². The standard InChI is InChI=1S/C11H16.C9H12.C8H10.C8H16.2C7H14.C7H8.2C6H12/c1-9-5-7-10(8-6-9)11(2,3)4;1-7-5-4-6-8(2)9(7)3;1-7-3-5-8(2)6-4-7;1-8-6-4-2-3-5-7-8;3*1-7-5-3-2-4-6-7;2*1-6-4-2-3-5-6/h5-8H,1-4H3;4-6H,1-3H3;3-6H,1-2H3;8H,2-7H2,1H3;2*7H,2-6H2,1H3;2-6H,1H3;2*6H,2-5H2,1H3/i5D,6D,7D,8D;1D3,2D3;1D3,3D,4D,5D,6D;8D;2D2,3D2,4D2,5D2,6D2;7D;2D,3D,4D,5D,6D;2D2,3D2,4D2,5D2;6D. The lowest BCUT2D eigenvalue weighted by Crippen LogP contribution is -2.10. The Bertz CT molecular complexity index is 3430. The first-order chi connectivity index (χ1) is 49.6. The molecule has 0 aliphatic heterocycles. The predicted octanol–water partition coefficient (Wildman–Crippen LogP) is 22.7. The van der Waals surface area contributed by atoms with Gasteiger partial charge in [0.15, 0.2) is 0 Å². The van der Waals surface area contributed by atoms with E-state index in [9.17, 15) is 0 Å². The van der Waals surface area contributed by atoms with Crippen LogP contribution >= 0.6 is 0 Å². The lowest BCUT2D eigenvalue weighted by molar-refractivity contribution is 0.385. The molecule has 5 fully saturated rings. The first-order valence-corrected chi connectivity index (χ1v) is 24.4. The fraction of sp³-hybridized carbons (Fsp3) is 0.652. The molecule has 0 nitrogen and oxygen atoms in total. The van der Waals surface area contributed by atoms with Crippen molar-refractivity contribution in [1.29, 1.82) is 0 Å². The zero-order valence-corrected chi connectivity index (χ0v) is 44.0. The number of aryl methyl sites for hydroxylation is 2. The average molecular weight is 987 g/mol. The van der Waals surface area contributed by atoms with E-state index in [4.69, 9.17) is 58.9 Å². The molecule has 0 radical (unpaired) electrons. The third-order valence-corrected chi connectivity index (χ3v) is 10.7. The normalized spacial score (nSPS) is 35.1. The first-order valence-electron chi connectivity index (χ1n) is 45.9. The van der Waals surface area contributed by atoms with Gasteiger partial charge < -0.3 is 0 Å². The summed E-state index contributed by atoms with van der Waals surface area (Å²) < 4.78 is 320. The van der Waals surface area contributed by atoms with Crippen LogP contribution in [0.5, 0.6) is 0 Å². The minimum absolute atomic E-state index is 0.0556. The Balaban J connectivity index is 0.000000637. The fourth-order valence-corrected chi connectivity index (χ4v) is 6.22. The van der Waals surface area contributed by atoms with E-state index >= 15 is 0 Å². The lowest BCUT2D eigenvalue weighted by atomic mass is 9.87. The van der Waals surface area contributed by atoms with Gasteiger partial charge in [0, 0.05) is 41.1 Å². The summed E-state index contributed by atoms with van der Waals surface area (Å²) in [6, 6.07) is 2.00. The maximum absolute atomic E-state index is 7.84. The van der Waals surface area contributed by atoms with Gasteiger partial charge in [-0.2, -0.15) is 0 Å². The van der Waals surface area contributed by atoms with Gasteiger partial charge in [-0.05, 0) is 105 Å². The molecule has 5 aliphatic rings. The Morgan fingerprint density at radius 3 is 1.13 bits per heavy atom. The summed E-state index contributed by atoms with van der Waals surface area (Å²) in [6.45, 7) is 13.1. The molecule has 0 N–H and O–H groups in total. The van der Waals surface area contributed by atoms with E-state index < -0.39 is 107 Å². The quantitative estimate of drug-likeness (QED) is 0.154. The van der Waals surface area contributed by atoms with Gasteiger partial charge >= 0.3 is 0 Å². The Hall–Kier alpha value is -3.12. The molecule has 5 aliphatic carbocycles. The summed E-state index contributed by atoms with van der Waals surface area (Å²) in [5.74, 6) is -3.14. The van der Waals surface area contributed by atoms with E-state index in [0.717, 1.165) is 45.4 Å². The highest BCUT2D eigenvalue weighted by Gasteiger charge is 2.12. The molecule has 0 bridgehead atoms. The summed E-state index contributed by atoms with van der Waals surface area (Å²) in [5, 5.41) is 0. The molecule has 390 valence electrons. The highest BCUT2D eigenvalue weighted by molar-refractivity contribution is 5.31. The summed E-state index contributed by atoms with van der Waals surface area (Å²) in [7, 11) is 0. The zero-order valence-electron chi connectivity index (χ0n) is 87.0. The van der Waals surface area contributed by atoms with E-state index in [1.54, 1.807) is 6.92 Å². The molecule has 0 saturated heterocycles. The fourth-order valence-electron chi connectivity index (χ4n) is 6.22. The second-order valence-electron chi connectivity index (χ2n) is 18.7. The number of benzene rings is 4. The zero-order chi connectivity index (χ0) is 89.0. The molecule has 0 heterocycles. The van der Waals surface area contributed by atoms with Crippen LogP contribution in [0.15, 0.2) is 96.8 Å². The molecule has 69 heavy (non-hydrogen) atoms. The van der Waals surface area contributed by atoms with Crippen LogP contribution in [0.2, 0.25) is 0 Å². The molecular formula is C69H114. The smallest absolute Gasteiger partial charge is 0.0625 e. The second-order valence-corrected chi connectivity index (χ2v) is 18.7. The molecule has 9 rings (SSSR count). The molecule has 0 atom stereocenters. The molecule has 0 heteroatoms. The first kappa shape index (κ1) is 23.4. The Morgan fingerprint density at radius 1 is 0.435 bits per heavy atom. The number of rotatable bonds is 0. The van der Waals surface area contributed by atoms with E-state index in [0.29, 0.717) is 22.3 Å². The Morgan fingerprint density at radius 2 is 0.768 bits per heavy atom. The van der Waals surface area contributed by atoms with Gasteiger partial charge in [-0.3, -0.25) is 0 Å². The molecule has 0 aromatic heterocycles.